The summed E-state index contributed by atoms with van der Waals surface area (Å²) in [5.41, 5.74) is 7.56. The zero-order valence-corrected chi connectivity index (χ0v) is 11.4. The van der Waals surface area contributed by atoms with Crippen LogP contribution in [0.5, 0.6) is 0 Å². The molecule has 1 unspecified atom stereocenters. The molecule has 0 bridgehead atoms. The van der Waals surface area contributed by atoms with Crippen LogP contribution < -0.4 is 5.73 Å². The molecule has 2 rings (SSSR count). The van der Waals surface area contributed by atoms with Gasteiger partial charge in [-0.2, -0.15) is 0 Å². The molecule has 0 aliphatic carbocycles. The van der Waals surface area contributed by atoms with E-state index in [0.29, 0.717) is 18.0 Å². The number of nitrogen functional groups attached to an aromatic ring is 1. The Morgan fingerprint density at radius 2 is 2.17 bits per heavy atom. The van der Waals surface area contributed by atoms with Crippen LogP contribution in [0.1, 0.15) is 11.4 Å². The quantitative estimate of drug-likeness (QED) is 0.857. The van der Waals surface area contributed by atoms with Crippen LogP contribution in [-0.2, 0) is 17.3 Å². The van der Waals surface area contributed by atoms with Crippen LogP contribution >= 0.6 is 0 Å². The van der Waals surface area contributed by atoms with E-state index in [1.165, 1.54) is 0 Å². The first-order chi connectivity index (χ1) is 8.59. The van der Waals surface area contributed by atoms with Gasteiger partial charge in [-0.1, -0.05) is 12.1 Å². The van der Waals surface area contributed by atoms with E-state index in [2.05, 4.69) is 4.98 Å². The number of hydrogen-bond donors (Lipinski definition) is 1. The van der Waals surface area contributed by atoms with Crippen LogP contribution in [0.25, 0.3) is 0 Å². The minimum Gasteiger partial charge on any atom is -0.398 e. The van der Waals surface area contributed by atoms with E-state index in [-0.39, 0.29) is 0 Å². The lowest BCUT2D eigenvalue weighted by molar-refractivity contribution is 0.670. The largest absolute Gasteiger partial charge is 0.398 e. The maximum absolute atomic E-state index is 12.2. The van der Waals surface area contributed by atoms with Crippen molar-refractivity contribution in [2.45, 2.75) is 25.3 Å². The number of rotatable bonds is 4. The Hall–Kier alpha value is -1.62. The molecular formula is C13H17N3OS. The van der Waals surface area contributed by atoms with Crippen molar-refractivity contribution in [3.05, 3.63) is 42.0 Å². The lowest BCUT2D eigenvalue weighted by atomic mass is 10.2. The molecule has 18 heavy (non-hydrogen) atoms. The van der Waals surface area contributed by atoms with Gasteiger partial charge in [-0.05, 0) is 25.5 Å². The van der Waals surface area contributed by atoms with Gasteiger partial charge >= 0.3 is 0 Å². The highest BCUT2D eigenvalue weighted by Gasteiger charge is 2.09. The number of nitrogens with two attached hydrogens (primary N) is 1. The van der Waals surface area contributed by atoms with Gasteiger partial charge in [0.25, 0.3) is 0 Å². The molecule has 0 spiro atoms. The van der Waals surface area contributed by atoms with E-state index < -0.39 is 10.8 Å². The molecule has 2 aromatic rings. The molecule has 1 atom stereocenters. The molecule has 0 saturated carbocycles. The number of nitrogens with zero attached hydrogens (tertiary/aromatic N) is 2. The van der Waals surface area contributed by atoms with Crippen molar-refractivity contribution in [2.24, 2.45) is 0 Å². The maximum Gasteiger partial charge on any atom is 0.105 e. The summed E-state index contributed by atoms with van der Waals surface area (Å²) >= 11 is 0. The van der Waals surface area contributed by atoms with Gasteiger partial charge in [0.2, 0.25) is 0 Å². The van der Waals surface area contributed by atoms with Crippen molar-refractivity contribution >= 4 is 16.5 Å². The number of aromatic nitrogens is 2. The SMILES string of the molecule is Cc1cccc(S(=O)CCn2ccnc2C)c1N. The van der Waals surface area contributed by atoms with Gasteiger partial charge in [-0.25, -0.2) is 4.98 Å². The third-order valence-electron chi connectivity index (χ3n) is 2.97. The first-order valence-corrected chi connectivity index (χ1v) is 7.12. The Balaban J connectivity index is 2.09. The predicted molar refractivity (Wildman–Crippen MR) is 73.8 cm³/mol. The van der Waals surface area contributed by atoms with Crippen LogP contribution in [0.15, 0.2) is 35.5 Å². The second kappa shape index (κ2) is 5.35. The summed E-state index contributed by atoms with van der Waals surface area (Å²) in [7, 11) is -1.07. The summed E-state index contributed by atoms with van der Waals surface area (Å²) < 4.78 is 14.2. The van der Waals surface area contributed by atoms with Gasteiger partial charge in [0.15, 0.2) is 0 Å². The van der Waals surface area contributed by atoms with Crippen molar-refractivity contribution < 1.29 is 4.21 Å². The lowest BCUT2D eigenvalue weighted by Crippen LogP contribution is -2.10. The number of anilines is 1. The summed E-state index contributed by atoms with van der Waals surface area (Å²) in [6, 6.07) is 5.65. The summed E-state index contributed by atoms with van der Waals surface area (Å²) in [6.45, 7) is 4.55. The number of benzene rings is 1. The fourth-order valence-electron chi connectivity index (χ4n) is 1.78. The van der Waals surface area contributed by atoms with Crippen LogP contribution in [0.4, 0.5) is 5.69 Å². The van der Waals surface area contributed by atoms with Crippen LogP contribution in [0.2, 0.25) is 0 Å². The highest BCUT2D eigenvalue weighted by Crippen LogP contribution is 2.20. The Bertz CT molecular complexity index is 577. The van der Waals surface area contributed by atoms with Crippen LogP contribution in [0.3, 0.4) is 0 Å². The second-order valence-corrected chi connectivity index (χ2v) is 5.74. The van der Waals surface area contributed by atoms with E-state index in [4.69, 9.17) is 5.73 Å². The van der Waals surface area contributed by atoms with E-state index in [0.717, 1.165) is 16.3 Å². The summed E-state index contributed by atoms with van der Waals surface area (Å²) in [5.74, 6) is 1.48. The van der Waals surface area contributed by atoms with Crippen LogP contribution in [-0.4, -0.2) is 19.5 Å². The van der Waals surface area contributed by atoms with Crippen LogP contribution in [0, 0.1) is 13.8 Å². The van der Waals surface area contributed by atoms with E-state index >= 15 is 0 Å². The Morgan fingerprint density at radius 1 is 1.39 bits per heavy atom. The molecule has 0 amide bonds. The van der Waals surface area contributed by atoms with Crippen molar-refractivity contribution in [1.82, 2.24) is 9.55 Å². The molecule has 0 aliphatic rings. The van der Waals surface area contributed by atoms with Crippen molar-refractivity contribution in [1.29, 1.82) is 0 Å². The Kier molecular flexibility index (Phi) is 3.81. The van der Waals surface area contributed by atoms with Gasteiger partial charge in [0, 0.05) is 24.7 Å². The highest BCUT2D eigenvalue weighted by atomic mass is 32.2. The predicted octanol–water partition coefficient (Wildman–Crippen LogP) is 1.89. The standard InChI is InChI=1S/C13H17N3OS/c1-10-4-3-5-12(13(10)14)18(17)9-8-16-7-6-15-11(16)2/h3-7H,8-9,14H2,1-2H3. The van der Waals surface area contributed by atoms with Gasteiger partial charge in [-0.15, -0.1) is 0 Å². The fraction of sp³-hybridized carbons (Fsp3) is 0.308. The van der Waals surface area contributed by atoms with Gasteiger partial charge < -0.3 is 10.3 Å². The topological polar surface area (TPSA) is 60.9 Å². The third-order valence-corrected chi connectivity index (χ3v) is 4.37. The van der Waals surface area contributed by atoms with E-state index in [9.17, 15) is 4.21 Å². The average molecular weight is 263 g/mol. The monoisotopic (exact) mass is 263 g/mol. The zero-order chi connectivity index (χ0) is 13.1. The Labute approximate surface area is 109 Å². The number of aryl methyl sites for hydroxylation is 3. The smallest absolute Gasteiger partial charge is 0.105 e. The molecule has 0 saturated heterocycles. The van der Waals surface area contributed by atoms with Gasteiger partial charge in [0.05, 0.1) is 21.4 Å². The van der Waals surface area contributed by atoms with E-state index in [1.54, 1.807) is 6.20 Å². The Morgan fingerprint density at radius 3 is 2.83 bits per heavy atom. The molecule has 0 fully saturated rings. The van der Waals surface area contributed by atoms with Gasteiger partial charge in [0.1, 0.15) is 5.82 Å². The number of para-hydroxylation sites is 1. The number of hydrogen-bond acceptors (Lipinski definition) is 3. The average Bonchev–Trinajstić information content (AvgIpc) is 2.75. The third kappa shape index (κ3) is 2.61. The molecule has 0 aliphatic heterocycles. The minimum atomic E-state index is -1.07. The summed E-state index contributed by atoms with van der Waals surface area (Å²) in [5, 5.41) is 0. The molecule has 1 aromatic carbocycles. The van der Waals surface area contributed by atoms with Crippen molar-refractivity contribution in [3.63, 3.8) is 0 Å². The second-order valence-electron chi connectivity index (χ2n) is 4.20. The molecule has 5 heteroatoms. The lowest BCUT2D eigenvalue weighted by Gasteiger charge is -2.09. The molecule has 1 aromatic heterocycles. The molecule has 1 heterocycles. The molecular weight excluding hydrogens is 246 g/mol. The highest BCUT2D eigenvalue weighted by molar-refractivity contribution is 7.85. The van der Waals surface area contributed by atoms with E-state index in [1.807, 2.05) is 42.8 Å². The minimum absolute atomic E-state index is 0.546. The molecule has 0 radical (unpaired) electrons. The summed E-state index contributed by atoms with van der Waals surface area (Å²) in [6.07, 6.45) is 3.64. The van der Waals surface area contributed by atoms with Crippen molar-refractivity contribution in [2.75, 3.05) is 11.5 Å². The zero-order valence-electron chi connectivity index (χ0n) is 10.6. The normalized spacial score (nSPS) is 12.6. The van der Waals surface area contributed by atoms with Crippen molar-refractivity contribution in [3.8, 4) is 0 Å². The molecule has 4 nitrogen and oxygen atoms in total. The number of imidazole rings is 1. The first kappa shape index (κ1) is 12.8. The molecule has 96 valence electrons. The first-order valence-electron chi connectivity index (χ1n) is 5.81. The maximum atomic E-state index is 12.2. The molecule has 2 N–H and O–H groups in total. The fourth-order valence-corrected chi connectivity index (χ4v) is 3.00. The van der Waals surface area contributed by atoms with Gasteiger partial charge in [-0.3, -0.25) is 4.21 Å². The summed E-state index contributed by atoms with van der Waals surface area (Å²) in [4.78, 5) is 4.87.